The minimum Gasteiger partial charge on any atom is -0.481 e. The third-order valence-electron chi connectivity index (χ3n) is 4.65. The predicted octanol–water partition coefficient (Wildman–Crippen LogP) is -1.38. The summed E-state index contributed by atoms with van der Waals surface area (Å²) in [5.74, 6) is -1.84. The first kappa shape index (κ1) is 25.2. The van der Waals surface area contributed by atoms with E-state index in [0.29, 0.717) is 32.2 Å². The van der Waals surface area contributed by atoms with E-state index in [-0.39, 0.29) is 25.2 Å². The molecule has 1 amide bonds. The molecule has 1 unspecified atom stereocenters. The van der Waals surface area contributed by atoms with Gasteiger partial charge in [-0.25, -0.2) is 0 Å². The molecule has 1 aliphatic rings. The number of rotatable bonds is 12. The monoisotopic (exact) mass is 420 g/mol. The highest BCUT2D eigenvalue weighted by Gasteiger charge is 2.44. The van der Waals surface area contributed by atoms with Gasteiger partial charge in [0.2, 0.25) is 12.2 Å². The van der Waals surface area contributed by atoms with Crippen LogP contribution in [0.1, 0.15) is 51.9 Å². The van der Waals surface area contributed by atoms with E-state index in [9.17, 15) is 29.7 Å². The number of aliphatic hydroxyl groups excluding tert-OH is 3. The fourth-order valence-corrected chi connectivity index (χ4v) is 2.80. The van der Waals surface area contributed by atoms with E-state index in [1.165, 1.54) is 6.92 Å². The molecule has 0 radical (unpaired) electrons. The van der Waals surface area contributed by atoms with Gasteiger partial charge in [0.15, 0.2) is 0 Å². The molecule has 1 saturated heterocycles. The molecule has 7 N–H and O–H groups in total. The number of hydrogen-bond acceptors (Lipinski definition) is 9. The summed E-state index contributed by atoms with van der Waals surface area (Å²) in [6, 6.07) is -0.961. The van der Waals surface area contributed by atoms with Crippen molar-refractivity contribution in [3.63, 3.8) is 0 Å². The average molecular weight is 420 g/mol. The second-order valence-corrected chi connectivity index (χ2v) is 7.17. The van der Waals surface area contributed by atoms with Crippen molar-refractivity contribution in [3.05, 3.63) is 0 Å². The second-order valence-electron chi connectivity index (χ2n) is 7.17. The lowest BCUT2D eigenvalue weighted by atomic mass is 10.00. The number of carbonyl (C=O) groups is 3. The Labute approximate surface area is 169 Å². The Kier molecular flexibility index (Phi) is 11.1. The number of ether oxygens (including phenoxy) is 2. The Bertz CT molecular complexity index is 545. The van der Waals surface area contributed by atoms with E-state index in [2.05, 4.69) is 5.32 Å². The number of carboxylic acid groups (broad SMARTS) is 1. The van der Waals surface area contributed by atoms with Crippen LogP contribution in [0.5, 0.6) is 0 Å². The van der Waals surface area contributed by atoms with E-state index in [1.807, 2.05) is 0 Å². The molecule has 0 aliphatic carbocycles. The summed E-state index contributed by atoms with van der Waals surface area (Å²) in [5.41, 5.74) is 5.76. The van der Waals surface area contributed by atoms with E-state index < -0.39 is 48.7 Å². The third-order valence-corrected chi connectivity index (χ3v) is 4.65. The number of esters is 1. The Hall–Kier alpha value is -1.79. The van der Waals surface area contributed by atoms with Crippen molar-refractivity contribution >= 4 is 17.8 Å². The summed E-state index contributed by atoms with van der Waals surface area (Å²) >= 11 is 0. The van der Waals surface area contributed by atoms with Crippen LogP contribution in [-0.4, -0.2) is 81.6 Å². The molecule has 0 saturated carbocycles. The first-order valence-electron chi connectivity index (χ1n) is 9.77. The van der Waals surface area contributed by atoms with Crippen LogP contribution in [0.25, 0.3) is 0 Å². The van der Waals surface area contributed by atoms with Gasteiger partial charge in [-0.1, -0.05) is 0 Å². The zero-order valence-corrected chi connectivity index (χ0v) is 16.5. The topological polar surface area (TPSA) is 189 Å². The highest BCUT2D eigenvalue weighted by Crippen LogP contribution is 2.22. The van der Waals surface area contributed by atoms with Gasteiger partial charge in [-0.05, 0) is 39.0 Å². The number of carbonyl (C=O) groups excluding carboxylic acids is 2. The maximum atomic E-state index is 12.0. The molecular weight excluding hydrogens is 388 g/mol. The van der Waals surface area contributed by atoms with Crippen molar-refractivity contribution in [1.82, 2.24) is 5.32 Å². The van der Waals surface area contributed by atoms with Gasteiger partial charge in [0, 0.05) is 19.4 Å². The van der Waals surface area contributed by atoms with Gasteiger partial charge >= 0.3 is 11.9 Å². The molecule has 1 aliphatic heterocycles. The molecule has 0 aromatic heterocycles. The van der Waals surface area contributed by atoms with Gasteiger partial charge in [0.1, 0.15) is 24.4 Å². The smallest absolute Gasteiger partial charge is 0.325 e. The molecule has 0 aromatic rings. The van der Waals surface area contributed by atoms with Gasteiger partial charge in [0.05, 0.1) is 6.10 Å². The zero-order valence-electron chi connectivity index (χ0n) is 16.5. The SMILES string of the molecule is C[C@@H]1O[C@@H](OC(=O)C(N)CCCCNC(=O)CCCCC(=O)O)[C@@H](O)[C@H](O)[C@@H]1O. The summed E-state index contributed by atoms with van der Waals surface area (Å²) in [6.07, 6.45) is -3.92. The van der Waals surface area contributed by atoms with Gasteiger partial charge in [-0.2, -0.15) is 0 Å². The van der Waals surface area contributed by atoms with Crippen molar-refractivity contribution in [2.24, 2.45) is 5.73 Å². The van der Waals surface area contributed by atoms with Crippen LogP contribution in [-0.2, 0) is 23.9 Å². The molecule has 1 rings (SSSR count). The predicted molar refractivity (Wildman–Crippen MR) is 99.4 cm³/mol. The van der Waals surface area contributed by atoms with Gasteiger partial charge in [-0.3, -0.25) is 14.4 Å². The lowest BCUT2D eigenvalue weighted by Crippen LogP contribution is -2.58. The van der Waals surface area contributed by atoms with Crippen molar-refractivity contribution in [3.8, 4) is 0 Å². The molecular formula is C18H32N2O9. The largest absolute Gasteiger partial charge is 0.481 e. The van der Waals surface area contributed by atoms with Crippen LogP contribution >= 0.6 is 0 Å². The number of unbranched alkanes of at least 4 members (excludes halogenated alkanes) is 2. The first-order chi connectivity index (χ1) is 13.6. The van der Waals surface area contributed by atoms with Crippen molar-refractivity contribution in [2.75, 3.05) is 6.54 Å². The van der Waals surface area contributed by atoms with Crippen molar-refractivity contribution in [2.45, 2.75) is 88.6 Å². The highest BCUT2D eigenvalue weighted by atomic mass is 16.7. The molecule has 0 spiro atoms. The number of nitrogens with two attached hydrogens (primary N) is 1. The molecule has 1 fully saturated rings. The van der Waals surface area contributed by atoms with Crippen molar-refractivity contribution < 1.29 is 44.3 Å². The lowest BCUT2D eigenvalue weighted by molar-refractivity contribution is -0.285. The fourth-order valence-electron chi connectivity index (χ4n) is 2.80. The molecule has 0 aromatic carbocycles. The third kappa shape index (κ3) is 9.05. The van der Waals surface area contributed by atoms with E-state index in [0.717, 1.165) is 0 Å². The molecule has 0 bridgehead atoms. The highest BCUT2D eigenvalue weighted by molar-refractivity contribution is 5.76. The van der Waals surface area contributed by atoms with Gasteiger partial charge < -0.3 is 41.0 Å². The minimum absolute atomic E-state index is 0.0443. The molecule has 29 heavy (non-hydrogen) atoms. The summed E-state index contributed by atoms with van der Waals surface area (Å²) < 4.78 is 10.2. The fraction of sp³-hybridized carbons (Fsp3) is 0.833. The van der Waals surface area contributed by atoms with Crippen LogP contribution in [0.2, 0.25) is 0 Å². The minimum atomic E-state index is -1.58. The first-order valence-corrected chi connectivity index (χ1v) is 9.77. The molecule has 168 valence electrons. The van der Waals surface area contributed by atoms with Crippen LogP contribution in [0.4, 0.5) is 0 Å². The number of aliphatic carboxylic acids is 1. The van der Waals surface area contributed by atoms with E-state index >= 15 is 0 Å². The summed E-state index contributed by atoms with van der Waals surface area (Å²) in [6.45, 7) is 1.88. The van der Waals surface area contributed by atoms with Crippen molar-refractivity contribution in [1.29, 1.82) is 0 Å². The summed E-state index contributed by atoms with van der Waals surface area (Å²) in [7, 11) is 0. The molecule has 11 nitrogen and oxygen atoms in total. The number of carboxylic acids is 1. The van der Waals surface area contributed by atoms with E-state index in [4.69, 9.17) is 20.3 Å². The van der Waals surface area contributed by atoms with Crippen LogP contribution in [0.3, 0.4) is 0 Å². The van der Waals surface area contributed by atoms with Crippen LogP contribution < -0.4 is 11.1 Å². The molecule has 1 heterocycles. The standard InChI is InChI=1S/C18H32N2O9/c1-10-14(24)15(25)16(26)18(28-10)29-17(27)11(19)6-4-5-9-20-12(21)7-2-3-8-13(22)23/h10-11,14-16,18,24-26H,2-9,19H2,1H3,(H,20,21)(H,22,23)/t10-,11?,14+,15+,16-,18-/m0/s1. The zero-order chi connectivity index (χ0) is 22.0. The number of aliphatic hydroxyl groups is 3. The Morgan fingerprint density at radius 2 is 1.69 bits per heavy atom. The number of hydrogen-bond donors (Lipinski definition) is 6. The summed E-state index contributed by atoms with van der Waals surface area (Å²) in [5, 5.41) is 40.4. The number of nitrogens with one attached hydrogen (secondary N) is 1. The average Bonchev–Trinajstić information content (AvgIpc) is 2.67. The Morgan fingerprint density at radius 3 is 2.34 bits per heavy atom. The van der Waals surface area contributed by atoms with Crippen LogP contribution in [0.15, 0.2) is 0 Å². The number of amides is 1. The lowest BCUT2D eigenvalue weighted by Gasteiger charge is -2.38. The Morgan fingerprint density at radius 1 is 1.03 bits per heavy atom. The van der Waals surface area contributed by atoms with Crippen LogP contribution in [0, 0.1) is 0 Å². The maximum absolute atomic E-state index is 12.0. The van der Waals surface area contributed by atoms with Gasteiger partial charge in [0.25, 0.3) is 0 Å². The van der Waals surface area contributed by atoms with E-state index in [1.54, 1.807) is 0 Å². The molecule has 11 heteroatoms. The normalized spacial score (nSPS) is 27.8. The quantitative estimate of drug-likeness (QED) is 0.162. The summed E-state index contributed by atoms with van der Waals surface area (Å²) in [4.78, 5) is 34.0. The second kappa shape index (κ2) is 12.7. The van der Waals surface area contributed by atoms with Gasteiger partial charge in [-0.15, -0.1) is 0 Å². The Balaban J connectivity index is 2.18. The molecule has 6 atom stereocenters. The maximum Gasteiger partial charge on any atom is 0.325 e.